The summed E-state index contributed by atoms with van der Waals surface area (Å²) in [5, 5.41) is 12.0. The van der Waals surface area contributed by atoms with Gasteiger partial charge in [0.1, 0.15) is 5.75 Å². The number of ether oxygens (including phenoxy) is 1. The van der Waals surface area contributed by atoms with Crippen molar-refractivity contribution in [3.05, 3.63) is 59.7 Å². The quantitative estimate of drug-likeness (QED) is 0.601. The van der Waals surface area contributed by atoms with E-state index in [9.17, 15) is 14.7 Å². The number of carbonyl (C=O) groups excluding carboxylic acids is 1. The van der Waals surface area contributed by atoms with Gasteiger partial charge in [-0.25, -0.2) is 0 Å². The minimum absolute atomic E-state index is 0.163. The Hall–Kier alpha value is -2.47. The number of carbonyl (C=O) groups is 2. The summed E-state index contributed by atoms with van der Waals surface area (Å²) >= 11 is 1.61. The molecule has 0 radical (unpaired) electrons. The van der Waals surface area contributed by atoms with Crippen LogP contribution in [0.25, 0.3) is 0 Å². The molecule has 2 rings (SSSR count). The van der Waals surface area contributed by atoms with Gasteiger partial charge in [-0.2, -0.15) is 0 Å². The van der Waals surface area contributed by atoms with Crippen molar-refractivity contribution in [1.82, 2.24) is 5.32 Å². The Morgan fingerprint density at radius 2 is 1.93 bits per heavy atom. The van der Waals surface area contributed by atoms with E-state index in [0.29, 0.717) is 6.61 Å². The van der Waals surface area contributed by atoms with E-state index in [1.54, 1.807) is 11.8 Å². The van der Waals surface area contributed by atoms with Crippen molar-refractivity contribution in [1.29, 1.82) is 0 Å². The fourth-order valence-corrected chi connectivity index (χ4v) is 3.07. The molecule has 0 aliphatic carbocycles. The predicted molar refractivity (Wildman–Crippen MR) is 107 cm³/mol. The molecule has 0 bridgehead atoms. The number of hydrogen-bond acceptors (Lipinski definition) is 4. The van der Waals surface area contributed by atoms with Crippen molar-refractivity contribution in [3.8, 4) is 5.75 Å². The standard InChI is InChI=1S/C21H25NO4S/c1-3-11-26-17-6-4-5-15(12-17)13-20(23)22-19(14-21(24)25)16-7-9-18(27-2)10-8-16/h4-10,12,19H,3,11,13-14H2,1-2H3,(H,22,23)(H,24,25). The van der Waals surface area contributed by atoms with Gasteiger partial charge in [-0.15, -0.1) is 11.8 Å². The summed E-state index contributed by atoms with van der Waals surface area (Å²) in [5.74, 6) is -0.441. The van der Waals surface area contributed by atoms with Crippen LogP contribution in [0, 0.1) is 0 Å². The molecule has 0 aliphatic rings. The zero-order chi connectivity index (χ0) is 19.6. The first-order chi connectivity index (χ1) is 13.0. The second kappa shape index (κ2) is 10.6. The van der Waals surface area contributed by atoms with Gasteiger partial charge in [0, 0.05) is 4.90 Å². The van der Waals surface area contributed by atoms with Gasteiger partial charge < -0.3 is 15.2 Å². The number of carboxylic acids is 1. The van der Waals surface area contributed by atoms with E-state index in [1.165, 1.54) is 0 Å². The van der Waals surface area contributed by atoms with Crippen LogP contribution in [0.5, 0.6) is 5.75 Å². The van der Waals surface area contributed by atoms with E-state index >= 15 is 0 Å². The summed E-state index contributed by atoms with van der Waals surface area (Å²) in [7, 11) is 0. The van der Waals surface area contributed by atoms with Crippen LogP contribution >= 0.6 is 11.8 Å². The minimum Gasteiger partial charge on any atom is -0.494 e. The molecule has 0 saturated carbocycles. The highest BCUT2D eigenvalue weighted by molar-refractivity contribution is 7.98. The predicted octanol–water partition coefficient (Wildman–Crippen LogP) is 4.07. The van der Waals surface area contributed by atoms with Crippen LogP contribution in [0.15, 0.2) is 53.4 Å². The first kappa shape index (κ1) is 20.8. The van der Waals surface area contributed by atoms with Gasteiger partial charge in [0.05, 0.1) is 25.5 Å². The highest BCUT2D eigenvalue weighted by Crippen LogP contribution is 2.22. The van der Waals surface area contributed by atoms with E-state index in [0.717, 1.165) is 28.2 Å². The summed E-state index contributed by atoms with van der Waals surface area (Å²) < 4.78 is 5.59. The molecule has 0 spiro atoms. The van der Waals surface area contributed by atoms with Gasteiger partial charge in [0.25, 0.3) is 0 Å². The normalized spacial score (nSPS) is 11.6. The lowest BCUT2D eigenvalue weighted by molar-refractivity contribution is -0.137. The number of aliphatic carboxylic acids is 1. The lowest BCUT2D eigenvalue weighted by Gasteiger charge is -2.18. The molecule has 27 heavy (non-hydrogen) atoms. The Balaban J connectivity index is 2.05. The first-order valence-corrected chi connectivity index (χ1v) is 10.1. The highest BCUT2D eigenvalue weighted by atomic mass is 32.2. The van der Waals surface area contributed by atoms with E-state index in [1.807, 2.05) is 61.7 Å². The topological polar surface area (TPSA) is 75.6 Å². The van der Waals surface area contributed by atoms with Gasteiger partial charge in [-0.1, -0.05) is 31.2 Å². The Morgan fingerprint density at radius 1 is 1.19 bits per heavy atom. The number of rotatable bonds is 10. The van der Waals surface area contributed by atoms with Gasteiger partial charge in [-0.05, 0) is 48.1 Å². The fourth-order valence-electron chi connectivity index (χ4n) is 2.66. The van der Waals surface area contributed by atoms with Crippen LogP contribution in [0.2, 0.25) is 0 Å². The Kier molecular flexibility index (Phi) is 8.20. The van der Waals surface area contributed by atoms with Crippen molar-refractivity contribution in [2.75, 3.05) is 12.9 Å². The number of hydrogen-bond donors (Lipinski definition) is 2. The fraction of sp³-hybridized carbons (Fsp3) is 0.333. The molecule has 0 aromatic heterocycles. The first-order valence-electron chi connectivity index (χ1n) is 8.88. The van der Waals surface area contributed by atoms with Gasteiger partial charge in [0.15, 0.2) is 0 Å². The number of amides is 1. The second-order valence-electron chi connectivity index (χ2n) is 6.16. The SMILES string of the molecule is CCCOc1cccc(CC(=O)NC(CC(=O)O)c2ccc(SC)cc2)c1. The van der Waals surface area contributed by atoms with E-state index in [2.05, 4.69) is 5.32 Å². The molecular weight excluding hydrogens is 362 g/mol. The summed E-state index contributed by atoms with van der Waals surface area (Å²) in [6, 6.07) is 14.4. The molecule has 5 nitrogen and oxygen atoms in total. The maximum atomic E-state index is 12.5. The van der Waals surface area contributed by atoms with E-state index < -0.39 is 12.0 Å². The van der Waals surface area contributed by atoms with Crippen molar-refractivity contribution >= 4 is 23.6 Å². The van der Waals surface area contributed by atoms with Crippen LogP contribution < -0.4 is 10.1 Å². The molecule has 2 aromatic carbocycles. The number of benzene rings is 2. The van der Waals surface area contributed by atoms with E-state index in [-0.39, 0.29) is 18.7 Å². The zero-order valence-corrected chi connectivity index (χ0v) is 16.4. The number of nitrogens with one attached hydrogen (secondary N) is 1. The zero-order valence-electron chi connectivity index (χ0n) is 15.6. The number of thioether (sulfide) groups is 1. The Morgan fingerprint density at radius 3 is 2.56 bits per heavy atom. The van der Waals surface area contributed by atoms with E-state index in [4.69, 9.17) is 4.74 Å². The number of carboxylic acid groups (broad SMARTS) is 1. The average molecular weight is 388 g/mol. The third-order valence-corrected chi connectivity index (χ3v) is 4.71. The molecule has 0 saturated heterocycles. The van der Waals surface area contributed by atoms with Crippen molar-refractivity contribution in [2.45, 2.75) is 37.1 Å². The molecule has 144 valence electrons. The van der Waals surface area contributed by atoms with Crippen LogP contribution in [-0.2, 0) is 16.0 Å². The van der Waals surface area contributed by atoms with Crippen molar-refractivity contribution in [2.24, 2.45) is 0 Å². The molecule has 0 fully saturated rings. The molecule has 0 aliphatic heterocycles. The third-order valence-electron chi connectivity index (χ3n) is 3.97. The minimum atomic E-state index is -0.954. The van der Waals surface area contributed by atoms with Crippen molar-refractivity contribution < 1.29 is 19.4 Å². The average Bonchev–Trinajstić information content (AvgIpc) is 2.66. The Labute approximate surface area is 164 Å². The molecule has 1 atom stereocenters. The Bertz CT molecular complexity index is 761. The molecular formula is C21H25NO4S. The lowest BCUT2D eigenvalue weighted by atomic mass is 10.0. The largest absolute Gasteiger partial charge is 0.494 e. The maximum Gasteiger partial charge on any atom is 0.305 e. The summed E-state index contributed by atoms with van der Waals surface area (Å²) in [4.78, 5) is 24.8. The van der Waals surface area contributed by atoms with Gasteiger partial charge in [0.2, 0.25) is 5.91 Å². The lowest BCUT2D eigenvalue weighted by Crippen LogP contribution is -2.31. The smallest absolute Gasteiger partial charge is 0.305 e. The summed E-state index contributed by atoms with van der Waals surface area (Å²) in [6.45, 7) is 2.66. The van der Waals surface area contributed by atoms with Gasteiger partial charge >= 0.3 is 5.97 Å². The van der Waals surface area contributed by atoms with Crippen LogP contribution in [0.1, 0.15) is 36.9 Å². The molecule has 2 aromatic rings. The monoisotopic (exact) mass is 387 g/mol. The van der Waals surface area contributed by atoms with Crippen LogP contribution in [0.4, 0.5) is 0 Å². The summed E-state index contributed by atoms with van der Waals surface area (Å²) in [6.07, 6.45) is 2.90. The van der Waals surface area contributed by atoms with Crippen LogP contribution in [0.3, 0.4) is 0 Å². The summed E-state index contributed by atoms with van der Waals surface area (Å²) in [5.41, 5.74) is 1.61. The molecule has 0 heterocycles. The molecule has 1 amide bonds. The maximum absolute atomic E-state index is 12.5. The molecule has 2 N–H and O–H groups in total. The molecule has 6 heteroatoms. The molecule has 1 unspecified atom stereocenters. The van der Waals surface area contributed by atoms with Gasteiger partial charge in [-0.3, -0.25) is 9.59 Å². The highest BCUT2D eigenvalue weighted by Gasteiger charge is 2.18. The van der Waals surface area contributed by atoms with Crippen LogP contribution in [-0.4, -0.2) is 29.8 Å². The van der Waals surface area contributed by atoms with Crippen molar-refractivity contribution in [3.63, 3.8) is 0 Å². The second-order valence-corrected chi connectivity index (χ2v) is 7.04. The third kappa shape index (κ3) is 6.98.